The first kappa shape index (κ1) is 25.9. The van der Waals surface area contributed by atoms with Gasteiger partial charge in [0.2, 0.25) is 0 Å². The third-order valence-corrected chi connectivity index (χ3v) is 7.20. The number of nitro benzene ring substituents is 1. The minimum Gasteiger partial charge on any atom is -0.489 e. The number of rotatable bonds is 8. The zero-order valence-electron chi connectivity index (χ0n) is 21.1. The quantitative estimate of drug-likeness (QED) is 0.132. The molecule has 1 aliphatic heterocycles. The van der Waals surface area contributed by atoms with Gasteiger partial charge in [-0.15, -0.1) is 0 Å². The summed E-state index contributed by atoms with van der Waals surface area (Å²) < 4.78 is 5.83. The number of aliphatic imine (C=N–C) groups is 1. The summed E-state index contributed by atoms with van der Waals surface area (Å²) >= 11 is 1.36. The van der Waals surface area contributed by atoms with Crippen LogP contribution in [-0.4, -0.2) is 20.9 Å². The minimum absolute atomic E-state index is 0.0455. The smallest absolute Gasteiger partial charge is 0.269 e. The lowest BCUT2D eigenvalue weighted by Crippen LogP contribution is -2.32. The lowest BCUT2D eigenvalue weighted by molar-refractivity contribution is -0.384. The molecule has 0 radical (unpaired) electrons. The first-order valence-corrected chi connectivity index (χ1v) is 13.2. The van der Waals surface area contributed by atoms with Crippen LogP contribution in [0.3, 0.4) is 0 Å². The summed E-state index contributed by atoms with van der Waals surface area (Å²) in [5.41, 5.74) is 3.56. The molecule has 1 fully saturated rings. The molecule has 5 rings (SSSR count). The van der Waals surface area contributed by atoms with Gasteiger partial charge in [-0.3, -0.25) is 19.8 Å². The topological polar surface area (TPSA) is 85.0 Å². The van der Waals surface area contributed by atoms with E-state index in [4.69, 9.17) is 9.73 Å². The van der Waals surface area contributed by atoms with Crippen LogP contribution in [0.4, 0.5) is 11.4 Å². The van der Waals surface area contributed by atoms with E-state index in [2.05, 4.69) is 0 Å². The van der Waals surface area contributed by atoms with E-state index in [0.29, 0.717) is 22.4 Å². The highest BCUT2D eigenvalue weighted by molar-refractivity contribution is 8.18. The average Bonchev–Trinajstić information content (AvgIpc) is 3.27. The fourth-order valence-electron chi connectivity index (χ4n) is 4.09. The van der Waals surface area contributed by atoms with Gasteiger partial charge in [-0.2, -0.15) is 0 Å². The van der Waals surface area contributed by atoms with Crippen molar-refractivity contribution in [1.82, 2.24) is 4.90 Å². The summed E-state index contributed by atoms with van der Waals surface area (Å²) in [5.74, 6) is 0.566. The monoisotopic (exact) mass is 535 g/mol. The van der Waals surface area contributed by atoms with Crippen LogP contribution in [0, 0.1) is 10.1 Å². The van der Waals surface area contributed by atoms with Crippen LogP contribution in [0.1, 0.15) is 29.7 Å². The fourth-order valence-corrected chi connectivity index (χ4v) is 5.16. The van der Waals surface area contributed by atoms with Gasteiger partial charge in [-0.05, 0) is 77.9 Å². The first-order valence-electron chi connectivity index (χ1n) is 12.4. The van der Waals surface area contributed by atoms with Gasteiger partial charge in [0.05, 0.1) is 21.6 Å². The van der Waals surface area contributed by atoms with Crippen molar-refractivity contribution in [3.63, 3.8) is 0 Å². The molecular formula is C31H25N3O4S. The molecule has 194 valence electrons. The van der Waals surface area contributed by atoms with E-state index < -0.39 is 4.92 Å². The Morgan fingerprint density at radius 2 is 1.56 bits per heavy atom. The van der Waals surface area contributed by atoms with Gasteiger partial charge in [0.25, 0.3) is 11.6 Å². The van der Waals surface area contributed by atoms with E-state index in [1.807, 2.05) is 97.9 Å². The van der Waals surface area contributed by atoms with E-state index in [1.165, 1.54) is 23.9 Å². The number of amides is 1. The number of hydrogen-bond donors (Lipinski definition) is 0. The Balaban J connectivity index is 1.34. The van der Waals surface area contributed by atoms with Crippen LogP contribution in [0.15, 0.2) is 119 Å². The first-order chi connectivity index (χ1) is 19.0. The fraction of sp³-hybridized carbons (Fsp3) is 0.0968. The zero-order valence-corrected chi connectivity index (χ0v) is 22.0. The largest absolute Gasteiger partial charge is 0.489 e. The van der Waals surface area contributed by atoms with Gasteiger partial charge in [0.15, 0.2) is 5.17 Å². The van der Waals surface area contributed by atoms with Crippen LogP contribution >= 0.6 is 11.8 Å². The Morgan fingerprint density at radius 3 is 2.21 bits per heavy atom. The van der Waals surface area contributed by atoms with Crippen molar-refractivity contribution < 1.29 is 14.5 Å². The molecule has 0 unspecified atom stereocenters. The minimum atomic E-state index is -0.427. The summed E-state index contributed by atoms with van der Waals surface area (Å²) in [7, 11) is 0. The Bertz CT molecular complexity index is 1520. The Labute approximate surface area is 230 Å². The van der Waals surface area contributed by atoms with Crippen molar-refractivity contribution in [2.75, 3.05) is 0 Å². The van der Waals surface area contributed by atoms with E-state index >= 15 is 0 Å². The Morgan fingerprint density at radius 1 is 0.923 bits per heavy atom. The lowest BCUT2D eigenvalue weighted by atomic mass is 10.1. The number of para-hydroxylation sites is 1. The molecule has 0 saturated carbocycles. The number of ether oxygens (including phenoxy) is 1. The van der Waals surface area contributed by atoms with Gasteiger partial charge in [0.1, 0.15) is 12.4 Å². The maximum atomic E-state index is 13.6. The zero-order chi connectivity index (χ0) is 27.2. The van der Waals surface area contributed by atoms with Gasteiger partial charge < -0.3 is 4.74 Å². The molecule has 1 saturated heterocycles. The second-order valence-electron chi connectivity index (χ2n) is 8.88. The van der Waals surface area contributed by atoms with Crippen molar-refractivity contribution in [3.8, 4) is 5.75 Å². The highest BCUT2D eigenvalue weighted by atomic mass is 32.2. The summed E-state index contributed by atoms with van der Waals surface area (Å²) in [6.07, 6.45) is 1.87. The number of benzene rings is 4. The molecule has 7 nitrogen and oxygen atoms in total. The summed E-state index contributed by atoms with van der Waals surface area (Å²) in [4.78, 5) is 31.1. The number of non-ortho nitro benzene ring substituents is 1. The summed E-state index contributed by atoms with van der Waals surface area (Å²) in [5, 5.41) is 11.5. The molecule has 0 N–H and O–H groups in total. The highest BCUT2D eigenvalue weighted by Crippen LogP contribution is 2.39. The number of carbonyl (C=O) groups is 1. The molecule has 39 heavy (non-hydrogen) atoms. The molecule has 4 aromatic rings. The second-order valence-corrected chi connectivity index (χ2v) is 9.89. The molecule has 1 atom stereocenters. The second kappa shape index (κ2) is 11.8. The van der Waals surface area contributed by atoms with E-state index in [1.54, 1.807) is 17.0 Å². The third-order valence-electron chi connectivity index (χ3n) is 6.22. The summed E-state index contributed by atoms with van der Waals surface area (Å²) in [6.45, 7) is 2.30. The number of carbonyl (C=O) groups excluding carboxylic acids is 1. The maximum absolute atomic E-state index is 13.6. The predicted molar refractivity (Wildman–Crippen MR) is 155 cm³/mol. The number of nitrogens with zero attached hydrogens (tertiary/aromatic N) is 3. The normalized spacial score (nSPS) is 16.0. The third kappa shape index (κ3) is 6.25. The van der Waals surface area contributed by atoms with E-state index in [9.17, 15) is 14.9 Å². The standard InChI is InChI=1S/C31H25N3O4S/c1-22(25-8-4-2-5-9-25)33-30(35)29(39-31(33)32-26-10-6-3-7-11-26)20-23-14-18-28(19-15-23)38-21-24-12-16-27(17-13-24)34(36)37/h2-20,22H,21H2,1H3/b29-20+,32-31?/t22-/m1/s1. The maximum Gasteiger partial charge on any atom is 0.269 e. The molecule has 0 aliphatic carbocycles. The van der Waals surface area contributed by atoms with Crippen LogP contribution in [0.2, 0.25) is 0 Å². The number of hydrogen-bond acceptors (Lipinski definition) is 6. The van der Waals surface area contributed by atoms with Crippen molar-refractivity contribution >= 4 is 40.3 Å². The molecule has 8 heteroatoms. The lowest BCUT2D eigenvalue weighted by Gasteiger charge is -2.24. The number of amidine groups is 1. The van der Waals surface area contributed by atoms with Crippen LogP contribution < -0.4 is 4.74 Å². The van der Waals surface area contributed by atoms with E-state index in [0.717, 1.165) is 22.4 Å². The molecule has 1 amide bonds. The van der Waals surface area contributed by atoms with Crippen molar-refractivity contribution in [1.29, 1.82) is 0 Å². The molecule has 0 spiro atoms. The van der Waals surface area contributed by atoms with Gasteiger partial charge in [0, 0.05) is 12.1 Å². The Kier molecular flexibility index (Phi) is 7.84. The molecule has 4 aromatic carbocycles. The van der Waals surface area contributed by atoms with Crippen LogP contribution in [-0.2, 0) is 11.4 Å². The molecule has 1 heterocycles. The van der Waals surface area contributed by atoms with Gasteiger partial charge in [-0.25, -0.2) is 4.99 Å². The van der Waals surface area contributed by atoms with Crippen LogP contribution in [0.25, 0.3) is 6.08 Å². The number of thioether (sulfide) groups is 1. The average molecular weight is 536 g/mol. The molecule has 0 bridgehead atoms. The molecule has 1 aliphatic rings. The summed E-state index contributed by atoms with van der Waals surface area (Å²) in [6, 6.07) is 33.1. The van der Waals surface area contributed by atoms with Crippen molar-refractivity contribution in [2.24, 2.45) is 4.99 Å². The predicted octanol–water partition coefficient (Wildman–Crippen LogP) is 7.54. The van der Waals surface area contributed by atoms with E-state index in [-0.39, 0.29) is 17.6 Å². The van der Waals surface area contributed by atoms with Gasteiger partial charge >= 0.3 is 0 Å². The van der Waals surface area contributed by atoms with Crippen molar-refractivity contribution in [3.05, 3.63) is 141 Å². The van der Waals surface area contributed by atoms with Crippen LogP contribution in [0.5, 0.6) is 5.75 Å². The SMILES string of the molecule is C[C@H](c1ccccc1)N1C(=O)/C(=C\c2ccc(OCc3ccc([N+](=O)[O-])cc3)cc2)SC1=Nc1ccccc1. The molecule has 0 aromatic heterocycles. The highest BCUT2D eigenvalue weighted by Gasteiger charge is 2.37. The molecular weight excluding hydrogens is 510 g/mol. The van der Waals surface area contributed by atoms with Gasteiger partial charge in [-0.1, -0.05) is 60.7 Å². The Hall–Kier alpha value is -4.69. The number of nitro groups is 1. The van der Waals surface area contributed by atoms with Crippen molar-refractivity contribution in [2.45, 2.75) is 19.6 Å².